The summed E-state index contributed by atoms with van der Waals surface area (Å²) in [4.78, 5) is 34.2. The molecule has 0 fully saturated rings. The van der Waals surface area contributed by atoms with Crippen LogP contribution in [-0.2, 0) is 11.8 Å². The first-order valence-corrected chi connectivity index (χ1v) is 7.11. The Labute approximate surface area is 137 Å². The lowest BCUT2D eigenvalue weighted by atomic mass is 10.1. The highest BCUT2D eigenvalue weighted by Crippen LogP contribution is 2.21. The van der Waals surface area contributed by atoms with Crippen molar-refractivity contribution in [2.45, 2.75) is 13.8 Å². The molecule has 0 aliphatic carbocycles. The number of nitro groups is 1. The van der Waals surface area contributed by atoms with Gasteiger partial charge in [0.25, 0.3) is 11.6 Å². The van der Waals surface area contributed by atoms with Crippen LogP contribution in [0.1, 0.15) is 33.5 Å². The number of carbonyl (C=O) groups is 2. The summed E-state index contributed by atoms with van der Waals surface area (Å²) in [5.41, 5.74) is 1.10. The van der Waals surface area contributed by atoms with Gasteiger partial charge in [-0.3, -0.25) is 19.6 Å². The number of nitrogens with zero attached hydrogens (tertiary/aromatic N) is 3. The van der Waals surface area contributed by atoms with Crippen molar-refractivity contribution in [1.82, 2.24) is 9.78 Å². The monoisotopic (exact) mass is 332 g/mol. The van der Waals surface area contributed by atoms with Crippen LogP contribution in [-0.4, -0.2) is 33.2 Å². The fourth-order valence-electron chi connectivity index (χ4n) is 2.06. The van der Waals surface area contributed by atoms with Crippen LogP contribution < -0.4 is 5.32 Å². The Bertz CT molecular complexity index is 812. The van der Waals surface area contributed by atoms with Crippen molar-refractivity contribution in [3.05, 3.63) is 51.3 Å². The van der Waals surface area contributed by atoms with E-state index in [0.29, 0.717) is 11.3 Å². The molecule has 9 nitrogen and oxygen atoms in total. The second-order valence-electron chi connectivity index (χ2n) is 4.97. The van der Waals surface area contributed by atoms with E-state index in [4.69, 9.17) is 4.74 Å². The number of carbonyl (C=O) groups excluding carboxylic acids is 2. The van der Waals surface area contributed by atoms with Crippen LogP contribution in [0.25, 0.3) is 0 Å². The third-order valence-corrected chi connectivity index (χ3v) is 3.27. The van der Waals surface area contributed by atoms with Crippen LogP contribution in [0.2, 0.25) is 0 Å². The number of rotatable bonds is 5. The number of aryl methyl sites for hydroxylation is 2. The van der Waals surface area contributed by atoms with E-state index in [2.05, 4.69) is 10.4 Å². The van der Waals surface area contributed by atoms with Gasteiger partial charge in [0.1, 0.15) is 5.69 Å². The Morgan fingerprint density at radius 2 is 2.08 bits per heavy atom. The van der Waals surface area contributed by atoms with Crippen LogP contribution in [0.4, 0.5) is 11.4 Å². The summed E-state index contributed by atoms with van der Waals surface area (Å²) in [5, 5.41) is 17.3. The molecule has 0 aliphatic heterocycles. The summed E-state index contributed by atoms with van der Waals surface area (Å²) in [6.07, 6.45) is 0. The average molecular weight is 332 g/mol. The SMILES string of the molecule is CCOC(=O)c1cc(C(=O)Nc2ccc([N+](=O)[O-])cc2C)nn1C. The maximum atomic E-state index is 12.3. The first kappa shape index (κ1) is 17.1. The summed E-state index contributed by atoms with van der Waals surface area (Å²) in [5.74, 6) is -1.10. The number of non-ortho nitro benzene ring substituents is 1. The van der Waals surface area contributed by atoms with E-state index in [0.717, 1.165) is 0 Å². The van der Waals surface area contributed by atoms with Gasteiger partial charge in [-0.1, -0.05) is 0 Å². The quantitative estimate of drug-likeness (QED) is 0.509. The largest absolute Gasteiger partial charge is 0.461 e. The fraction of sp³-hybridized carbons (Fsp3) is 0.267. The Hall–Kier alpha value is -3.23. The van der Waals surface area contributed by atoms with Crippen molar-refractivity contribution >= 4 is 23.3 Å². The van der Waals surface area contributed by atoms with Crippen LogP contribution >= 0.6 is 0 Å². The summed E-state index contributed by atoms with van der Waals surface area (Å²) in [7, 11) is 1.53. The number of nitro benzene ring substituents is 1. The Morgan fingerprint density at radius 1 is 1.38 bits per heavy atom. The maximum Gasteiger partial charge on any atom is 0.356 e. The molecule has 0 saturated carbocycles. The van der Waals surface area contributed by atoms with E-state index < -0.39 is 16.8 Å². The molecule has 2 rings (SSSR count). The standard InChI is InChI=1S/C15H16N4O5/c1-4-24-15(21)13-8-12(17-18(13)3)14(20)16-11-6-5-10(19(22)23)7-9(11)2/h5-8H,4H2,1-3H3,(H,16,20). The molecule has 0 saturated heterocycles. The maximum absolute atomic E-state index is 12.3. The molecule has 0 bridgehead atoms. The molecule has 1 heterocycles. The zero-order chi connectivity index (χ0) is 17.9. The third kappa shape index (κ3) is 3.57. The Kier molecular flexibility index (Phi) is 4.93. The molecule has 1 N–H and O–H groups in total. The van der Waals surface area contributed by atoms with Crippen molar-refractivity contribution in [2.24, 2.45) is 7.05 Å². The minimum absolute atomic E-state index is 0.0401. The number of benzene rings is 1. The van der Waals surface area contributed by atoms with Gasteiger partial charge in [-0.15, -0.1) is 0 Å². The molecule has 126 valence electrons. The second kappa shape index (κ2) is 6.90. The fourth-order valence-corrected chi connectivity index (χ4v) is 2.06. The predicted octanol–water partition coefficient (Wildman–Crippen LogP) is 2.07. The molecule has 0 unspecified atom stereocenters. The Balaban J connectivity index is 2.20. The number of nitrogens with one attached hydrogen (secondary N) is 1. The van der Waals surface area contributed by atoms with Crippen LogP contribution in [0, 0.1) is 17.0 Å². The van der Waals surface area contributed by atoms with E-state index in [-0.39, 0.29) is 23.7 Å². The summed E-state index contributed by atoms with van der Waals surface area (Å²) < 4.78 is 6.14. The molecule has 0 radical (unpaired) electrons. The van der Waals surface area contributed by atoms with Crippen LogP contribution in [0.3, 0.4) is 0 Å². The molecule has 24 heavy (non-hydrogen) atoms. The molecule has 1 aromatic heterocycles. The highest BCUT2D eigenvalue weighted by atomic mass is 16.6. The van der Waals surface area contributed by atoms with Gasteiger partial charge in [-0.25, -0.2) is 4.79 Å². The number of amides is 1. The number of hydrogen-bond acceptors (Lipinski definition) is 6. The molecule has 1 aromatic carbocycles. The topological polar surface area (TPSA) is 116 Å². The molecule has 0 aliphatic rings. The van der Waals surface area contributed by atoms with E-state index in [1.807, 2.05) is 0 Å². The lowest BCUT2D eigenvalue weighted by Crippen LogP contribution is -2.14. The molecule has 9 heteroatoms. The lowest BCUT2D eigenvalue weighted by Gasteiger charge is -2.06. The van der Waals surface area contributed by atoms with Gasteiger partial charge in [0.2, 0.25) is 0 Å². The van der Waals surface area contributed by atoms with Crippen molar-refractivity contribution < 1.29 is 19.2 Å². The number of anilines is 1. The van der Waals surface area contributed by atoms with Crippen LogP contribution in [0.5, 0.6) is 0 Å². The van der Waals surface area contributed by atoms with Gasteiger partial charge in [0.15, 0.2) is 5.69 Å². The number of hydrogen-bond donors (Lipinski definition) is 1. The summed E-state index contributed by atoms with van der Waals surface area (Å²) >= 11 is 0. The first-order valence-electron chi connectivity index (χ1n) is 7.11. The molecule has 0 spiro atoms. The zero-order valence-corrected chi connectivity index (χ0v) is 13.4. The molecule has 0 atom stereocenters. The smallest absolute Gasteiger partial charge is 0.356 e. The molecule has 2 aromatic rings. The van der Waals surface area contributed by atoms with Crippen LogP contribution in [0.15, 0.2) is 24.3 Å². The van der Waals surface area contributed by atoms with Crippen molar-refractivity contribution in [2.75, 3.05) is 11.9 Å². The van der Waals surface area contributed by atoms with Gasteiger partial charge < -0.3 is 10.1 Å². The second-order valence-corrected chi connectivity index (χ2v) is 4.97. The van der Waals surface area contributed by atoms with Crippen molar-refractivity contribution in [1.29, 1.82) is 0 Å². The number of aromatic nitrogens is 2. The minimum atomic E-state index is -0.571. The van der Waals surface area contributed by atoms with Gasteiger partial charge in [-0.05, 0) is 25.5 Å². The first-order chi connectivity index (χ1) is 11.3. The predicted molar refractivity (Wildman–Crippen MR) is 85.0 cm³/mol. The average Bonchev–Trinajstić information content (AvgIpc) is 2.91. The Morgan fingerprint density at radius 3 is 2.67 bits per heavy atom. The highest BCUT2D eigenvalue weighted by Gasteiger charge is 2.19. The number of esters is 1. The van der Waals surface area contributed by atoms with Gasteiger partial charge >= 0.3 is 5.97 Å². The molecular weight excluding hydrogens is 316 g/mol. The van der Waals surface area contributed by atoms with E-state index >= 15 is 0 Å². The zero-order valence-electron chi connectivity index (χ0n) is 13.4. The normalized spacial score (nSPS) is 10.3. The minimum Gasteiger partial charge on any atom is -0.461 e. The lowest BCUT2D eigenvalue weighted by molar-refractivity contribution is -0.384. The highest BCUT2D eigenvalue weighted by molar-refractivity contribution is 6.04. The molecule has 1 amide bonds. The molecular formula is C15H16N4O5. The summed E-state index contributed by atoms with van der Waals surface area (Å²) in [6.45, 7) is 3.54. The van der Waals surface area contributed by atoms with Crippen molar-refractivity contribution in [3.63, 3.8) is 0 Å². The van der Waals surface area contributed by atoms with Gasteiger partial charge in [0, 0.05) is 30.9 Å². The van der Waals surface area contributed by atoms with E-state index in [9.17, 15) is 19.7 Å². The van der Waals surface area contributed by atoms with Gasteiger partial charge in [-0.2, -0.15) is 5.10 Å². The van der Waals surface area contributed by atoms with Gasteiger partial charge in [0.05, 0.1) is 11.5 Å². The third-order valence-electron chi connectivity index (χ3n) is 3.27. The van der Waals surface area contributed by atoms with Crippen molar-refractivity contribution in [3.8, 4) is 0 Å². The summed E-state index contributed by atoms with van der Waals surface area (Å²) in [6, 6.07) is 5.43. The number of ether oxygens (including phenoxy) is 1. The van der Waals surface area contributed by atoms with E-state index in [1.165, 1.54) is 36.0 Å². The van der Waals surface area contributed by atoms with E-state index in [1.54, 1.807) is 13.8 Å².